The number of aromatic amines is 1. The van der Waals surface area contributed by atoms with Crippen LogP contribution < -0.4 is 4.31 Å². The predicted octanol–water partition coefficient (Wildman–Crippen LogP) is 5.81. The minimum absolute atomic E-state index is 0.0649. The van der Waals surface area contributed by atoms with Crippen LogP contribution in [0.4, 0.5) is 11.4 Å². The second-order valence-electron chi connectivity index (χ2n) is 8.53. The van der Waals surface area contributed by atoms with Crippen LogP contribution in [0.5, 0.6) is 5.88 Å². The minimum Gasteiger partial charge on any atom is -0.493 e. The first-order valence-corrected chi connectivity index (χ1v) is 12.5. The van der Waals surface area contributed by atoms with Crippen LogP contribution in [0.15, 0.2) is 87.9 Å². The molecule has 1 amide bonds. The molecule has 0 aliphatic carbocycles. The summed E-state index contributed by atoms with van der Waals surface area (Å²) in [4.78, 5) is 15.6. The molecule has 0 bridgehead atoms. The van der Waals surface area contributed by atoms with Crippen molar-refractivity contribution in [2.45, 2.75) is 31.6 Å². The maximum Gasteiger partial charge on any atom is 0.285 e. The first kappa shape index (κ1) is 24.2. The van der Waals surface area contributed by atoms with Crippen molar-refractivity contribution in [1.29, 1.82) is 0 Å². The number of hydrogen-bond acceptors (Lipinski definition) is 5. The van der Waals surface area contributed by atoms with Crippen LogP contribution in [0.3, 0.4) is 0 Å². The van der Waals surface area contributed by atoms with Gasteiger partial charge in [0.15, 0.2) is 5.69 Å². The normalized spacial score (nSPS) is 12.0. The lowest BCUT2D eigenvalue weighted by Crippen LogP contribution is -2.35. The van der Waals surface area contributed by atoms with E-state index < -0.39 is 22.5 Å². The molecular weight excluding hydrogens is 464 g/mol. The highest BCUT2D eigenvalue weighted by Crippen LogP contribution is 2.35. The maximum absolute atomic E-state index is 13.5. The second kappa shape index (κ2) is 9.71. The van der Waals surface area contributed by atoms with Gasteiger partial charge in [0.2, 0.25) is 5.88 Å². The van der Waals surface area contributed by atoms with Gasteiger partial charge in [-0.25, -0.2) is 8.42 Å². The quantitative estimate of drug-likeness (QED) is 0.318. The van der Waals surface area contributed by atoms with Gasteiger partial charge >= 0.3 is 0 Å². The Hall–Kier alpha value is -3.98. The lowest BCUT2D eigenvalue weighted by Gasteiger charge is -2.23. The van der Waals surface area contributed by atoms with Crippen molar-refractivity contribution in [3.63, 3.8) is 0 Å². The third kappa shape index (κ3) is 5.09. The molecule has 0 saturated carbocycles. The van der Waals surface area contributed by atoms with E-state index in [0.29, 0.717) is 16.6 Å². The molecule has 4 aromatic rings. The molecule has 4 rings (SSSR count). The predicted molar refractivity (Wildman–Crippen MR) is 136 cm³/mol. The summed E-state index contributed by atoms with van der Waals surface area (Å²) >= 11 is 0. The van der Waals surface area contributed by atoms with Crippen molar-refractivity contribution in [2.75, 3.05) is 10.8 Å². The molecule has 0 aliphatic heterocycles. The van der Waals surface area contributed by atoms with Crippen LogP contribution in [0.25, 0.3) is 10.9 Å². The number of rotatable bonds is 7. The SMILES string of the molecule is Cc1ccc(S(=O)(=O)N(CC(=O)N=Nc2c(O)[nH]c3ccccc23)c2ccc(C(C)C)cc2)cc1. The van der Waals surface area contributed by atoms with E-state index in [-0.39, 0.29) is 22.4 Å². The van der Waals surface area contributed by atoms with Gasteiger partial charge in [0.05, 0.1) is 16.1 Å². The van der Waals surface area contributed by atoms with E-state index in [2.05, 4.69) is 15.2 Å². The molecule has 0 aliphatic rings. The van der Waals surface area contributed by atoms with Crippen LogP contribution in [-0.2, 0) is 14.8 Å². The molecule has 180 valence electrons. The molecule has 0 radical (unpaired) electrons. The van der Waals surface area contributed by atoms with Gasteiger partial charge in [0, 0.05) is 5.39 Å². The molecule has 1 heterocycles. The topological polar surface area (TPSA) is 115 Å². The highest BCUT2D eigenvalue weighted by molar-refractivity contribution is 7.92. The number of aryl methyl sites for hydroxylation is 1. The van der Waals surface area contributed by atoms with E-state index in [1.807, 2.05) is 32.9 Å². The van der Waals surface area contributed by atoms with Gasteiger partial charge in [-0.15, -0.1) is 10.2 Å². The molecule has 2 N–H and O–H groups in total. The number of carbonyl (C=O) groups is 1. The van der Waals surface area contributed by atoms with Gasteiger partial charge < -0.3 is 10.1 Å². The van der Waals surface area contributed by atoms with Gasteiger partial charge in [0.25, 0.3) is 15.9 Å². The summed E-state index contributed by atoms with van der Waals surface area (Å²) in [5.74, 6) is -0.736. The van der Waals surface area contributed by atoms with Crippen LogP contribution >= 0.6 is 0 Å². The smallest absolute Gasteiger partial charge is 0.285 e. The third-order valence-corrected chi connectivity index (χ3v) is 7.44. The lowest BCUT2D eigenvalue weighted by atomic mass is 10.0. The zero-order valence-corrected chi connectivity index (χ0v) is 20.5. The number of carbonyl (C=O) groups excluding carboxylic acids is 1. The molecule has 3 aromatic carbocycles. The van der Waals surface area contributed by atoms with E-state index in [4.69, 9.17) is 0 Å². The summed E-state index contributed by atoms with van der Waals surface area (Å²) in [6.45, 7) is 5.40. The first-order chi connectivity index (χ1) is 16.7. The fourth-order valence-electron chi connectivity index (χ4n) is 3.65. The van der Waals surface area contributed by atoms with Crippen molar-refractivity contribution in [1.82, 2.24) is 4.98 Å². The molecule has 0 spiro atoms. The van der Waals surface area contributed by atoms with E-state index in [1.165, 1.54) is 12.1 Å². The summed E-state index contributed by atoms with van der Waals surface area (Å²) in [5.41, 5.74) is 3.05. The number of azo groups is 1. The van der Waals surface area contributed by atoms with E-state index >= 15 is 0 Å². The Labute approximate surface area is 204 Å². The third-order valence-electron chi connectivity index (χ3n) is 5.66. The summed E-state index contributed by atoms with van der Waals surface area (Å²) in [6.07, 6.45) is 0. The summed E-state index contributed by atoms with van der Waals surface area (Å²) in [7, 11) is -4.06. The van der Waals surface area contributed by atoms with Gasteiger partial charge in [-0.2, -0.15) is 0 Å². The molecule has 0 saturated heterocycles. The fourth-order valence-corrected chi connectivity index (χ4v) is 5.07. The standard InChI is InChI=1S/C26H26N4O4S/c1-17(2)19-10-12-20(13-11-19)30(35(33,34)21-14-8-18(3)9-15-21)16-24(31)28-29-25-22-6-4-5-7-23(22)27-26(25)32/h4-15,17,27,32H,16H2,1-3H3. The second-order valence-corrected chi connectivity index (χ2v) is 10.4. The molecule has 8 nitrogen and oxygen atoms in total. The number of aromatic nitrogens is 1. The van der Waals surface area contributed by atoms with Crippen molar-refractivity contribution in [3.8, 4) is 5.88 Å². The van der Waals surface area contributed by atoms with Crippen molar-refractivity contribution in [3.05, 3.63) is 83.9 Å². The Kier molecular flexibility index (Phi) is 6.70. The van der Waals surface area contributed by atoms with Gasteiger partial charge in [-0.1, -0.05) is 61.9 Å². The maximum atomic E-state index is 13.5. The van der Waals surface area contributed by atoms with Crippen LogP contribution in [-0.4, -0.2) is 31.0 Å². The Morgan fingerprint density at radius 2 is 1.66 bits per heavy atom. The molecule has 0 fully saturated rings. The fraction of sp³-hybridized carbons (Fsp3) is 0.192. The highest BCUT2D eigenvalue weighted by Gasteiger charge is 2.27. The van der Waals surface area contributed by atoms with Gasteiger partial charge in [-0.05, 0) is 48.7 Å². The van der Waals surface area contributed by atoms with Crippen molar-refractivity contribution < 1.29 is 18.3 Å². The average molecular weight is 491 g/mol. The number of para-hydroxylation sites is 1. The molecule has 0 atom stereocenters. The minimum atomic E-state index is -4.06. The summed E-state index contributed by atoms with van der Waals surface area (Å²) in [6, 6.07) is 20.5. The Morgan fingerprint density at radius 3 is 2.31 bits per heavy atom. The van der Waals surface area contributed by atoms with E-state index in [9.17, 15) is 18.3 Å². The van der Waals surface area contributed by atoms with Crippen LogP contribution in [0.2, 0.25) is 0 Å². The number of hydrogen-bond donors (Lipinski definition) is 2. The molecule has 35 heavy (non-hydrogen) atoms. The summed E-state index contributed by atoms with van der Waals surface area (Å²) < 4.78 is 28.1. The lowest BCUT2D eigenvalue weighted by molar-refractivity contribution is -0.116. The Bertz CT molecular complexity index is 1490. The number of amides is 1. The largest absolute Gasteiger partial charge is 0.493 e. The number of nitrogens with one attached hydrogen (secondary N) is 1. The van der Waals surface area contributed by atoms with E-state index in [1.54, 1.807) is 48.5 Å². The molecular formula is C26H26N4O4S. The number of fused-ring (bicyclic) bond motifs is 1. The Balaban J connectivity index is 1.68. The van der Waals surface area contributed by atoms with Crippen LogP contribution in [0, 0.1) is 6.92 Å². The number of anilines is 1. The molecule has 0 unspecified atom stereocenters. The number of aromatic hydroxyl groups is 1. The molecule has 9 heteroatoms. The van der Waals surface area contributed by atoms with Crippen molar-refractivity contribution in [2.24, 2.45) is 10.2 Å². The number of sulfonamides is 1. The number of nitrogens with zero attached hydrogens (tertiary/aromatic N) is 3. The average Bonchev–Trinajstić information content (AvgIpc) is 3.16. The van der Waals surface area contributed by atoms with Crippen molar-refractivity contribution >= 4 is 38.2 Å². The first-order valence-electron chi connectivity index (χ1n) is 11.1. The highest BCUT2D eigenvalue weighted by atomic mass is 32.2. The van der Waals surface area contributed by atoms with E-state index in [0.717, 1.165) is 15.4 Å². The van der Waals surface area contributed by atoms with Gasteiger partial charge in [0.1, 0.15) is 6.54 Å². The molecule has 1 aromatic heterocycles. The number of benzene rings is 3. The zero-order chi connectivity index (χ0) is 25.2. The zero-order valence-electron chi connectivity index (χ0n) is 19.6. The summed E-state index contributed by atoms with van der Waals surface area (Å²) in [5, 5.41) is 18.4. The number of H-pyrrole nitrogens is 1. The van der Waals surface area contributed by atoms with Gasteiger partial charge in [-0.3, -0.25) is 9.10 Å². The Morgan fingerprint density at radius 1 is 1.00 bits per heavy atom. The van der Waals surface area contributed by atoms with Crippen LogP contribution in [0.1, 0.15) is 30.9 Å². The monoisotopic (exact) mass is 490 g/mol.